The van der Waals surface area contributed by atoms with Crippen LogP contribution in [-0.4, -0.2) is 23.3 Å². The standard InChI is InChI=1S/C20H20F3N3O2S2/c1-5-10-24-19-17(14(3)28-30-20(21,22)23)18(15(4)29-19)25-11-26(12-27)16-8-6-13(2)7-9-16/h5-12H,1-4H3/b10-5-,17-14+,24-19+,25-11?. The number of aryl methyl sites for hydroxylation is 1. The largest absolute Gasteiger partial charge is 0.479 e. The van der Waals surface area contributed by atoms with Gasteiger partial charge in [0.05, 0.1) is 11.3 Å². The third-order valence-corrected chi connectivity index (χ3v) is 5.27. The smallest absolute Gasteiger partial charge is 0.421 e. The second-order valence-electron chi connectivity index (χ2n) is 6.06. The number of amides is 1. The van der Waals surface area contributed by atoms with Gasteiger partial charge in [-0.15, -0.1) is 0 Å². The maximum absolute atomic E-state index is 12.6. The first kappa shape index (κ1) is 23.8. The monoisotopic (exact) mass is 455 g/mol. The molecule has 0 saturated heterocycles. The van der Waals surface area contributed by atoms with Gasteiger partial charge >= 0.3 is 5.51 Å². The molecule has 0 saturated carbocycles. The molecule has 10 heteroatoms. The molecular formula is C20H20F3N3O2S2. The fraction of sp³-hybridized carbons (Fsp3) is 0.250. The lowest BCUT2D eigenvalue weighted by Crippen LogP contribution is -2.18. The minimum absolute atomic E-state index is 0.0186. The van der Waals surface area contributed by atoms with E-state index in [0.29, 0.717) is 28.4 Å². The van der Waals surface area contributed by atoms with E-state index in [-0.39, 0.29) is 5.76 Å². The van der Waals surface area contributed by atoms with E-state index in [1.54, 1.807) is 32.1 Å². The first-order valence-corrected chi connectivity index (χ1v) is 10.3. The van der Waals surface area contributed by atoms with Crippen molar-refractivity contribution in [3.8, 4) is 0 Å². The Balaban J connectivity index is 2.41. The maximum Gasteiger partial charge on any atom is 0.479 e. The van der Waals surface area contributed by atoms with E-state index in [0.717, 1.165) is 10.5 Å². The quantitative estimate of drug-likeness (QED) is 0.158. The Kier molecular flexibility index (Phi) is 8.36. The Labute approximate surface area is 181 Å². The Morgan fingerprint density at radius 1 is 1.23 bits per heavy atom. The summed E-state index contributed by atoms with van der Waals surface area (Å²) >= 11 is 0.673. The minimum atomic E-state index is -4.55. The molecule has 1 amide bonds. The van der Waals surface area contributed by atoms with Gasteiger partial charge < -0.3 is 4.18 Å². The van der Waals surface area contributed by atoms with E-state index in [2.05, 4.69) is 9.98 Å². The molecule has 160 valence electrons. The van der Waals surface area contributed by atoms with E-state index in [9.17, 15) is 18.0 Å². The van der Waals surface area contributed by atoms with Crippen molar-refractivity contribution in [2.45, 2.75) is 33.2 Å². The number of thioether (sulfide) groups is 1. The fourth-order valence-corrected chi connectivity index (χ4v) is 3.67. The van der Waals surface area contributed by atoms with Crippen molar-refractivity contribution < 1.29 is 22.1 Å². The summed E-state index contributed by atoms with van der Waals surface area (Å²) in [6.07, 6.45) is 5.16. The van der Waals surface area contributed by atoms with Crippen molar-refractivity contribution >= 4 is 47.3 Å². The average Bonchev–Trinajstić information content (AvgIpc) is 3.01. The predicted molar refractivity (Wildman–Crippen MR) is 118 cm³/mol. The molecule has 0 unspecified atom stereocenters. The molecule has 0 N–H and O–H groups in total. The summed E-state index contributed by atoms with van der Waals surface area (Å²) in [6.45, 7) is 6.90. The second kappa shape index (κ2) is 10.5. The van der Waals surface area contributed by atoms with Gasteiger partial charge in [-0.05, 0) is 39.8 Å². The molecule has 1 aromatic carbocycles. The van der Waals surface area contributed by atoms with E-state index in [1.807, 2.05) is 19.1 Å². The molecule has 30 heavy (non-hydrogen) atoms. The lowest BCUT2D eigenvalue weighted by molar-refractivity contribution is -0.106. The summed E-state index contributed by atoms with van der Waals surface area (Å²) in [7, 11) is 0. The van der Waals surface area contributed by atoms with E-state index in [4.69, 9.17) is 4.18 Å². The zero-order chi connectivity index (χ0) is 22.3. The van der Waals surface area contributed by atoms with Crippen LogP contribution in [-0.2, 0) is 8.98 Å². The molecule has 0 radical (unpaired) electrons. The Bertz CT molecular complexity index is 934. The number of alkyl halides is 3. The SMILES string of the molecule is C\C=C/N=C1/SC(C)=C(N=CN(C=O)c2ccc(C)cc2)/C1=C(/C)OSC(F)(F)F. The minimum Gasteiger partial charge on any atom is -0.421 e. The van der Waals surface area contributed by atoms with Gasteiger partial charge in [0.25, 0.3) is 0 Å². The summed E-state index contributed by atoms with van der Waals surface area (Å²) in [5, 5.41) is 0.464. The molecule has 1 aliphatic rings. The molecule has 0 fully saturated rings. The number of benzene rings is 1. The summed E-state index contributed by atoms with van der Waals surface area (Å²) in [6, 6.07) is 7.25. The summed E-state index contributed by atoms with van der Waals surface area (Å²) in [5.74, 6) is 0.0186. The molecule has 0 aliphatic carbocycles. The van der Waals surface area contributed by atoms with Crippen LogP contribution in [0.1, 0.15) is 26.3 Å². The van der Waals surface area contributed by atoms with Crippen LogP contribution in [0, 0.1) is 6.92 Å². The van der Waals surface area contributed by atoms with Crippen LogP contribution in [0.2, 0.25) is 0 Å². The molecule has 0 aromatic heterocycles. The van der Waals surface area contributed by atoms with Gasteiger partial charge in [0.15, 0.2) is 12.0 Å². The predicted octanol–water partition coefficient (Wildman–Crippen LogP) is 6.36. The van der Waals surface area contributed by atoms with Crippen LogP contribution in [0.4, 0.5) is 18.9 Å². The van der Waals surface area contributed by atoms with Crippen molar-refractivity contribution in [1.29, 1.82) is 0 Å². The van der Waals surface area contributed by atoms with Crippen LogP contribution in [0.15, 0.2) is 68.5 Å². The highest BCUT2D eigenvalue weighted by atomic mass is 32.2. The summed E-state index contributed by atoms with van der Waals surface area (Å²) in [5.41, 5.74) is -2.16. The number of halogens is 3. The number of carbonyl (C=O) groups is 1. The number of carbonyl (C=O) groups excluding carboxylic acids is 1. The van der Waals surface area contributed by atoms with Gasteiger partial charge in [-0.25, -0.2) is 9.98 Å². The third kappa shape index (κ3) is 6.53. The van der Waals surface area contributed by atoms with Crippen LogP contribution in [0.3, 0.4) is 0 Å². The Hall–Kier alpha value is -2.46. The first-order valence-electron chi connectivity index (χ1n) is 8.72. The van der Waals surface area contributed by atoms with Crippen molar-refractivity contribution in [2.75, 3.05) is 4.90 Å². The molecule has 2 rings (SSSR count). The highest BCUT2D eigenvalue weighted by Crippen LogP contribution is 2.42. The van der Waals surface area contributed by atoms with Crippen LogP contribution >= 0.6 is 23.8 Å². The zero-order valence-electron chi connectivity index (χ0n) is 16.7. The van der Waals surface area contributed by atoms with Gasteiger partial charge in [0.2, 0.25) is 6.41 Å². The Morgan fingerprint density at radius 3 is 2.47 bits per heavy atom. The molecule has 5 nitrogen and oxygen atoms in total. The van der Waals surface area contributed by atoms with Crippen molar-refractivity contribution in [3.05, 3.63) is 64.0 Å². The number of hydrogen-bond acceptors (Lipinski definition) is 6. The first-order chi connectivity index (χ1) is 14.2. The maximum atomic E-state index is 12.6. The highest BCUT2D eigenvalue weighted by molar-refractivity contribution is 8.18. The molecular weight excluding hydrogens is 435 g/mol. The molecule has 1 aromatic rings. The highest BCUT2D eigenvalue weighted by Gasteiger charge is 2.33. The van der Waals surface area contributed by atoms with E-state index >= 15 is 0 Å². The number of aliphatic imine (C=N–C) groups is 2. The number of allylic oxidation sites excluding steroid dienone is 4. The fourth-order valence-electron chi connectivity index (χ4n) is 2.37. The molecule has 1 aliphatic heterocycles. The van der Waals surface area contributed by atoms with Gasteiger partial charge in [0.1, 0.15) is 17.1 Å². The van der Waals surface area contributed by atoms with Gasteiger partial charge in [0, 0.05) is 16.8 Å². The molecule has 1 heterocycles. The van der Waals surface area contributed by atoms with Crippen LogP contribution < -0.4 is 4.90 Å². The lowest BCUT2D eigenvalue weighted by Gasteiger charge is -2.13. The molecule has 0 spiro atoms. The number of nitrogens with zero attached hydrogens (tertiary/aromatic N) is 3. The van der Waals surface area contributed by atoms with Crippen molar-refractivity contribution in [3.63, 3.8) is 0 Å². The average molecular weight is 456 g/mol. The number of rotatable bonds is 7. The summed E-state index contributed by atoms with van der Waals surface area (Å²) in [4.78, 5) is 22.2. The molecule has 0 bridgehead atoms. The lowest BCUT2D eigenvalue weighted by atomic mass is 10.2. The number of anilines is 1. The van der Waals surface area contributed by atoms with Crippen LogP contribution in [0.25, 0.3) is 0 Å². The van der Waals surface area contributed by atoms with Gasteiger partial charge in [-0.2, -0.15) is 13.2 Å². The number of hydrogen-bond donors (Lipinski definition) is 0. The Morgan fingerprint density at radius 2 is 1.90 bits per heavy atom. The normalized spacial score (nSPS) is 18.0. The third-order valence-electron chi connectivity index (χ3n) is 3.74. The zero-order valence-corrected chi connectivity index (χ0v) is 18.4. The van der Waals surface area contributed by atoms with E-state index in [1.165, 1.54) is 36.1 Å². The van der Waals surface area contributed by atoms with Crippen molar-refractivity contribution in [2.24, 2.45) is 9.98 Å². The topological polar surface area (TPSA) is 54.3 Å². The van der Waals surface area contributed by atoms with Crippen LogP contribution in [0.5, 0.6) is 0 Å². The van der Waals surface area contributed by atoms with Gasteiger partial charge in [-0.1, -0.05) is 35.5 Å². The van der Waals surface area contributed by atoms with Gasteiger partial charge in [-0.3, -0.25) is 9.69 Å². The molecule has 0 atom stereocenters. The van der Waals surface area contributed by atoms with E-state index < -0.39 is 17.6 Å². The summed E-state index contributed by atoms with van der Waals surface area (Å²) < 4.78 is 42.6. The second-order valence-corrected chi connectivity index (χ2v) is 8.06. The van der Waals surface area contributed by atoms with Crippen molar-refractivity contribution in [1.82, 2.24) is 0 Å².